The normalized spacial score (nSPS) is 14.9. The summed E-state index contributed by atoms with van der Waals surface area (Å²) in [5.74, 6) is 0.418. The van der Waals surface area contributed by atoms with Gasteiger partial charge in [0.15, 0.2) is 0 Å². The van der Waals surface area contributed by atoms with Crippen LogP contribution in [0.15, 0.2) is 119 Å². The van der Waals surface area contributed by atoms with Crippen molar-refractivity contribution >= 4 is 15.4 Å². The molecule has 0 heterocycles. The zero-order valence-electron chi connectivity index (χ0n) is 27.2. The van der Waals surface area contributed by atoms with E-state index in [2.05, 4.69) is 152 Å². The van der Waals surface area contributed by atoms with Crippen LogP contribution < -0.4 is 24.8 Å². The summed E-state index contributed by atoms with van der Waals surface area (Å²) in [7, 11) is 0. The van der Waals surface area contributed by atoms with Gasteiger partial charge in [0.25, 0.3) is 0 Å². The van der Waals surface area contributed by atoms with Crippen molar-refractivity contribution in [1.82, 2.24) is 0 Å². The molecule has 0 aliphatic heterocycles. The zero-order chi connectivity index (χ0) is 30.5. The summed E-state index contributed by atoms with van der Waals surface area (Å²) in [4.78, 5) is 0. The second-order valence-corrected chi connectivity index (χ2v) is 19.4. The molecule has 0 bridgehead atoms. The van der Waals surface area contributed by atoms with Crippen LogP contribution in [-0.2, 0) is 21.3 Å². The first-order valence-corrected chi connectivity index (χ1v) is 19.3. The third-order valence-electron chi connectivity index (χ3n) is 9.18. The average Bonchev–Trinajstić information content (AvgIpc) is 3.54. The monoisotopic (exact) mass is 706 g/mol. The number of allylic oxidation sites excluding steroid dienone is 4. The molecule has 0 saturated carbocycles. The van der Waals surface area contributed by atoms with E-state index < -0.39 is 21.3 Å². The van der Waals surface area contributed by atoms with Gasteiger partial charge in [0.1, 0.15) is 0 Å². The molecule has 45 heavy (non-hydrogen) atoms. The first-order valence-electron chi connectivity index (χ1n) is 15.4. The molecule has 1 atom stereocenters. The van der Waals surface area contributed by atoms with Crippen molar-refractivity contribution in [2.24, 2.45) is 11.3 Å². The Morgan fingerprint density at radius 1 is 0.689 bits per heavy atom. The van der Waals surface area contributed by atoms with Crippen molar-refractivity contribution in [3.8, 4) is 11.1 Å². The summed E-state index contributed by atoms with van der Waals surface area (Å²) in [6.07, 6.45) is 9.12. The van der Waals surface area contributed by atoms with Crippen molar-refractivity contribution in [3.05, 3.63) is 164 Å². The topological polar surface area (TPSA) is 0 Å². The van der Waals surface area contributed by atoms with E-state index in [4.69, 9.17) is 0 Å². The first-order chi connectivity index (χ1) is 20.6. The molecule has 1 unspecified atom stereocenters. The van der Waals surface area contributed by atoms with Crippen LogP contribution in [0.25, 0.3) is 23.3 Å². The van der Waals surface area contributed by atoms with Crippen LogP contribution in [-0.4, -0.2) is 3.21 Å². The van der Waals surface area contributed by atoms with Crippen molar-refractivity contribution in [1.29, 1.82) is 0 Å². The van der Waals surface area contributed by atoms with Gasteiger partial charge in [-0.2, -0.15) is 0 Å². The van der Waals surface area contributed by atoms with E-state index >= 15 is 0 Å². The fourth-order valence-corrected chi connectivity index (χ4v) is 16.2. The molecule has 4 aromatic rings. The summed E-state index contributed by atoms with van der Waals surface area (Å²) in [5, 5.41) is 0. The maximum Gasteiger partial charge on any atom is -1.00 e. The molecular formula is C42H42Cl2Zr. The molecule has 0 saturated heterocycles. The molecule has 0 aromatic heterocycles. The average molecular weight is 709 g/mol. The van der Waals surface area contributed by atoms with E-state index in [1.165, 1.54) is 61.2 Å². The van der Waals surface area contributed by atoms with Gasteiger partial charge in [0.05, 0.1) is 0 Å². The fraction of sp³-hybridized carbons (Fsp3) is 0.214. The van der Waals surface area contributed by atoms with Crippen LogP contribution in [0.1, 0.15) is 75.8 Å². The van der Waals surface area contributed by atoms with Gasteiger partial charge in [-0.15, -0.1) is 0 Å². The number of halogens is 2. The van der Waals surface area contributed by atoms with Crippen molar-refractivity contribution in [3.63, 3.8) is 0 Å². The van der Waals surface area contributed by atoms with Crippen molar-refractivity contribution in [2.45, 2.75) is 45.2 Å². The summed E-state index contributed by atoms with van der Waals surface area (Å²) in [6.45, 7) is 22.1. The Kier molecular flexibility index (Phi) is 10.8. The third-order valence-corrected chi connectivity index (χ3v) is 17.9. The minimum absolute atomic E-state index is 0. The Morgan fingerprint density at radius 3 is 1.51 bits per heavy atom. The number of hydrogen-bond donors (Lipinski definition) is 0. The molecule has 3 heteroatoms. The molecule has 2 aliphatic carbocycles. The zero-order valence-corrected chi connectivity index (χ0v) is 31.2. The van der Waals surface area contributed by atoms with Gasteiger partial charge < -0.3 is 24.8 Å². The summed E-state index contributed by atoms with van der Waals surface area (Å²) in [6, 6.07) is 32.7. The number of rotatable bonds is 6. The van der Waals surface area contributed by atoms with E-state index in [0.29, 0.717) is 9.54 Å². The van der Waals surface area contributed by atoms with Gasteiger partial charge in [0, 0.05) is 0 Å². The minimum Gasteiger partial charge on any atom is -1.00 e. The van der Waals surface area contributed by atoms with Gasteiger partial charge in [0.2, 0.25) is 0 Å². The quantitative estimate of drug-likeness (QED) is 0.263. The van der Waals surface area contributed by atoms with Crippen LogP contribution in [0, 0.1) is 25.2 Å². The van der Waals surface area contributed by atoms with E-state index in [1.54, 1.807) is 6.49 Å². The number of aryl methyl sites for hydroxylation is 2. The van der Waals surface area contributed by atoms with Crippen LogP contribution >= 0.6 is 0 Å². The smallest absolute Gasteiger partial charge is 1.00 e. The summed E-state index contributed by atoms with van der Waals surface area (Å²) in [5.41, 5.74) is 15.0. The third kappa shape index (κ3) is 6.69. The second kappa shape index (κ2) is 13.9. The Labute approximate surface area is 290 Å². The van der Waals surface area contributed by atoms with Gasteiger partial charge >= 0.3 is 268 Å². The van der Waals surface area contributed by atoms with E-state index in [9.17, 15) is 0 Å². The second-order valence-electron chi connectivity index (χ2n) is 13.3. The standard InChI is InChI=1S/C17H13.C15H14.C10H15.2ClH.Zr/c1-3-12-5-7-14-11-15-8-6-13(4-2)10-17(15)16(14)9-12;1-12-3-7-14(8-4-12)11-15-9-5-13(2)6-10-15;1-8-5-6-9(7-8)10(2,3)4;;;/h3-11H,1-2H2;3-10H,1-2H3;6-8H,1-4H3;2*1H;/q;;;;;+2/p-2. The number of fused-ring (bicyclic) bond motifs is 3. The Balaban J connectivity index is 0.00000230. The van der Waals surface area contributed by atoms with Gasteiger partial charge in [-0.3, -0.25) is 0 Å². The van der Waals surface area contributed by atoms with Crippen LogP contribution in [0.4, 0.5) is 0 Å². The van der Waals surface area contributed by atoms with Crippen LogP contribution in [0.2, 0.25) is 0 Å². The van der Waals surface area contributed by atoms with Gasteiger partial charge in [-0.25, -0.2) is 0 Å². The molecular weight excluding hydrogens is 667 g/mol. The number of benzene rings is 4. The van der Waals surface area contributed by atoms with Crippen LogP contribution in [0.5, 0.6) is 0 Å². The van der Waals surface area contributed by atoms with Gasteiger partial charge in [-0.1, -0.05) is 0 Å². The molecule has 2 aliphatic rings. The molecule has 0 amide bonds. The molecule has 0 nitrogen and oxygen atoms in total. The molecule has 6 rings (SSSR count). The maximum absolute atomic E-state index is 4.10. The molecule has 0 N–H and O–H groups in total. The van der Waals surface area contributed by atoms with Gasteiger partial charge in [-0.05, 0) is 0 Å². The Bertz CT molecular complexity index is 1740. The van der Waals surface area contributed by atoms with Crippen LogP contribution in [0.3, 0.4) is 0 Å². The predicted molar refractivity (Wildman–Crippen MR) is 184 cm³/mol. The first kappa shape index (κ1) is 35.0. The predicted octanol–water partition coefficient (Wildman–Crippen LogP) is 5.06. The minimum atomic E-state index is -2.83. The van der Waals surface area contributed by atoms with Crippen molar-refractivity contribution < 1.29 is 46.1 Å². The summed E-state index contributed by atoms with van der Waals surface area (Å²) < 4.78 is 3.64. The Morgan fingerprint density at radius 2 is 1.13 bits per heavy atom. The van der Waals surface area contributed by atoms with E-state index in [-0.39, 0.29) is 30.2 Å². The fourth-order valence-electron chi connectivity index (χ4n) is 6.72. The van der Waals surface area contributed by atoms with E-state index in [0.717, 1.165) is 0 Å². The molecule has 228 valence electrons. The number of hydrogen-bond acceptors (Lipinski definition) is 0. The van der Waals surface area contributed by atoms with E-state index in [1.807, 2.05) is 12.2 Å². The Hall–Kier alpha value is -2.83. The largest absolute Gasteiger partial charge is 1.00 e. The van der Waals surface area contributed by atoms with Crippen molar-refractivity contribution in [2.75, 3.05) is 0 Å². The molecule has 4 aromatic carbocycles. The molecule has 0 spiro atoms. The maximum atomic E-state index is 4.10. The molecule has 0 fully saturated rings. The SMILES string of the molecule is C=Cc1ccc2c(c1)-c1cc(C=C)ccc1[CH]2[Zr+2]([C]1=CC(C(C)(C)C)=CC1C)=[C](c1ccc(C)cc1)c1ccc(C)cc1.[Cl-].[Cl-]. The molecule has 0 radical (unpaired) electrons. The summed E-state index contributed by atoms with van der Waals surface area (Å²) >= 11 is -2.83.